The molecule has 1 aliphatic carbocycles. The lowest BCUT2D eigenvalue weighted by atomic mass is 10.1. The van der Waals surface area contributed by atoms with Crippen LogP contribution in [0.3, 0.4) is 0 Å². The third-order valence-electron chi connectivity index (χ3n) is 5.92. The second kappa shape index (κ2) is 9.13. The number of nitrogens with zero attached hydrogens (tertiary/aromatic N) is 4. The van der Waals surface area contributed by atoms with Crippen molar-refractivity contribution in [3.8, 4) is 17.3 Å². The van der Waals surface area contributed by atoms with Crippen LogP contribution < -0.4 is 14.8 Å². The summed E-state index contributed by atoms with van der Waals surface area (Å²) in [5.74, 6) is 2.23. The number of carbonyl (C=O) groups is 1. The van der Waals surface area contributed by atoms with E-state index < -0.39 is 0 Å². The van der Waals surface area contributed by atoms with Crippen molar-refractivity contribution in [1.82, 2.24) is 25.1 Å². The van der Waals surface area contributed by atoms with Crippen molar-refractivity contribution in [2.24, 2.45) is 0 Å². The average molecular weight is 458 g/mol. The highest BCUT2D eigenvalue weighted by atomic mass is 16.5. The molecule has 1 amide bonds. The second-order valence-corrected chi connectivity index (χ2v) is 8.35. The van der Waals surface area contributed by atoms with Gasteiger partial charge in [-0.3, -0.25) is 4.79 Å². The number of methoxy groups -OCH3 is 1. The van der Waals surface area contributed by atoms with Gasteiger partial charge in [-0.25, -0.2) is 9.97 Å². The SMILES string of the molecule is CCOc1ccc(CNC(=O)c2cc(C3CC3)nc3c2c(C)nn3-c2ccccn2)cc1OC. The predicted octanol–water partition coefficient (Wildman–Crippen LogP) is 4.34. The van der Waals surface area contributed by atoms with E-state index in [-0.39, 0.29) is 5.91 Å². The highest BCUT2D eigenvalue weighted by molar-refractivity contribution is 6.06. The number of ether oxygens (including phenoxy) is 2. The molecular weight excluding hydrogens is 430 g/mol. The number of aromatic nitrogens is 4. The first kappa shape index (κ1) is 21.9. The zero-order chi connectivity index (χ0) is 23.7. The van der Waals surface area contributed by atoms with Gasteiger partial charge in [-0.15, -0.1) is 0 Å². The van der Waals surface area contributed by atoms with Crippen LogP contribution in [0.5, 0.6) is 11.5 Å². The molecule has 0 radical (unpaired) electrons. The Bertz CT molecular complexity index is 1350. The van der Waals surface area contributed by atoms with Gasteiger partial charge in [-0.05, 0) is 62.6 Å². The van der Waals surface area contributed by atoms with Gasteiger partial charge in [0, 0.05) is 24.4 Å². The van der Waals surface area contributed by atoms with Gasteiger partial charge in [-0.2, -0.15) is 9.78 Å². The number of carbonyl (C=O) groups excluding carboxylic acids is 1. The molecule has 3 heterocycles. The van der Waals surface area contributed by atoms with Crippen LogP contribution in [0.25, 0.3) is 16.9 Å². The molecule has 3 aromatic heterocycles. The summed E-state index contributed by atoms with van der Waals surface area (Å²) in [7, 11) is 1.61. The standard InChI is InChI=1S/C26H27N5O3/c1-4-34-21-11-8-17(13-22(21)33-3)15-28-26(32)19-14-20(18-9-10-18)29-25-24(19)16(2)30-31(25)23-7-5-6-12-27-23/h5-8,11-14,18H,4,9-10,15H2,1-3H3,(H,28,32). The van der Waals surface area contributed by atoms with Crippen LogP contribution >= 0.6 is 0 Å². The molecule has 8 nitrogen and oxygen atoms in total. The van der Waals surface area contributed by atoms with E-state index in [4.69, 9.17) is 14.5 Å². The monoisotopic (exact) mass is 457 g/mol. The lowest BCUT2D eigenvalue weighted by Gasteiger charge is -2.12. The van der Waals surface area contributed by atoms with Crippen LogP contribution in [0.4, 0.5) is 0 Å². The number of hydrogen-bond donors (Lipinski definition) is 1. The maximum atomic E-state index is 13.4. The van der Waals surface area contributed by atoms with Crippen LogP contribution in [-0.4, -0.2) is 39.4 Å². The fourth-order valence-corrected chi connectivity index (χ4v) is 4.09. The lowest BCUT2D eigenvalue weighted by Crippen LogP contribution is -2.23. The first-order valence-corrected chi connectivity index (χ1v) is 11.5. The fourth-order valence-electron chi connectivity index (χ4n) is 4.09. The summed E-state index contributed by atoms with van der Waals surface area (Å²) < 4.78 is 12.7. The van der Waals surface area contributed by atoms with E-state index in [1.807, 2.05) is 56.3 Å². The molecule has 0 atom stereocenters. The van der Waals surface area contributed by atoms with E-state index in [1.54, 1.807) is 18.0 Å². The van der Waals surface area contributed by atoms with Gasteiger partial charge >= 0.3 is 0 Å². The molecule has 1 aliphatic rings. The van der Waals surface area contributed by atoms with Gasteiger partial charge in [0.25, 0.3) is 5.91 Å². The number of fused-ring (bicyclic) bond motifs is 1. The predicted molar refractivity (Wildman–Crippen MR) is 129 cm³/mol. The van der Waals surface area contributed by atoms with Crippen molar-refractivity contribution < 1.29 is 14.3 Å². The molecule has 0 unspecified atom stereocenters. The van der Waals surface area contributed by atoms with Gasteiger partial charge in [0.05, 0.1) is 30.4 Å². The van der Waals surface area contributed by atoms with E-state index in [9.17, 15) is 4.79 Å². The van der Waals surface area contributed by atoms with Gasteiger partial charge < -0.3 is 14.8 Å². The molecule has 1 N–H and O–H groups in total. The molecule has 1 saturated carbocycles. The molecule has 34 heavy (non-hydrogen) atoms. The highest BCUT2D eigenvalue weighted by Crippen LogP contribution is 2.40. The van der Waals surface area contributed by atoms with Crippen LogP contribution in [0.1, 0.15) is 53.0 Å². The van der Waals surface area contributed by atoms with Crippen molar-refractivity contribution in [1.29, 1.82) is 0 Å². The van der Waals surface area contributed by atoms with Gasteiger partial charge in [0.15, 0.2) is 23.0 Å². The Balaban J connectivity index is 1.48. The highest BCUT2D eigenvalue weighted by Gasteiger charge is 2.29. The minimum Gasteiger partial charge on any atom is -0.493 e. The van der Waals surface area contributed by atoms with Crippen molar-refractivity contribution in [3.05, 3.63) is 71.2 Å². The third-order valence-corrected chi connectivity index (χ3v) is 5.92. The Morgan fingerprint density at radius 3 is 2.74 bits per heavy atom. The fraction of sp³-hybridized carbons (Fsp3) is 0.308. The molecular formula is C26H27N5O3. The maximum Gasteiger partial charge on any atom is 0.252 e. The van der Waals surface area contributed by atoms with E-state index in [0.717, 1.165) is 35.2 Å². The van der Waals surface area contributed by atoms with Crippen molar-refractivity contribution in [3.63, 3.8) is 0 Å². The summed E-state index contributed by atoms with van der Waals surface area (Å²) in [6, 6.07) is 13.3. The molecule has 8 heteroatoms. The number of nitrogens with one attached hydrogen (secondary N) is 1. The first-order valence-electron chi connectivity index (χ1n) is 11.5. The first-order chi connectivity index (χ1) is 16.6. The molecule has 174 valence electrons. The third kappa shape index (κ3) is 4.19. The topological polar surface area (TPSA) is 91.2 Å². The minimum absolute atomic E-state index is 0.161. The normalized spacial score (nSPS) is 13.1. The van der Waals surface area contributed by atoms with Gasteiger partial charge in [0.2, 0.25) is 0 Å². The van der Waals surface area contributed by atoms with E-state index in [2.05, 4.69) is 15.4 Å². The van der Waals surface area contributed by atoms with Crippen LogP contribution in [0.15, 0.2) is 48.7 Å². The molecule has 1 fully saturated rings. The van der Waals surface area contributed by atoms with Crippen LogP contribution in [0.2, 0.25) is 0 Å². The minimum atomic E-state index is -0.161. The summed E-state index contributed by atoms with van der Waals surface area (Å²) in [5.41, 5.74) is 3.83. The lowest BCUT2D eigenvalue weighted by molar-refractivity contribution is 0.0952. The number of rotatable bonds is 8. The Hall–Kier alpha value is -3.94. The molecule has 0 saturated heterocycles. The summed E-state index contributed by atoms with van der Waals surface area (Å²) in [4.78, 5) is 22.7. The summed E-state index contributed by atoms with van der Waals surface area (Å²) >= 11 is 0. The van der Waals surface area contributed by atoms with E-state index in [1.165, 1.54) is 0 Å². The Labute approximate surface area is 197 Å². The Morgan fingerprint density at radius 1 is 1.18 bits per heavy atom. The Kier molecular flexibility index (Phi) is 5.88. The zero-order valence-electron chi connectivity index (χ0n) is 19.5. The molecule has 4 aromatic rings. The molecule has 0 spiro atoms. The molecule has 1 aromatic carbocycles. The number of pyridine rings is 2. The number of hydrogen-bond acceptors (Lipinski definition) is 6. The smallest absolute Gasteiger partial charge is 0.252 e. The maximum absolute atomic E-state index is 13.4. The largest absolute Gasteiger partial charge is 0.493 e. The zero-order valence-corrected chi connectivity index (χ0v) is 19.5. The summed E-state index contributed by atoms with van der Waals surface area (Å²) in [5, 5.41) is 8.48. The quantitative estimate of drug-likeness (QED) is 0.423. The number of amides is 1. The summed E-state index contributed by atoms with van der Waals surface area (Å²) in [6.45, 7) is 4.74. The van der Waals surface area contributed by atoms with Crippen LogP contribution in [-0.2, 0) is 6.54 Å². The van der Waals surface area contributed by atoms with Crippen molar-refractivity contribution in [2.45, 2.75) is 39.2 Å². The molecule has 0 bridgehead atoms. The average Bonchev–Trinajstić information content (AvgIpc) is 3.67. The van der Waals surface area contributed by atoms with Gasteiger partial charge in [-0.1, -0.05) is 12.1 Å². The molecule has 5 rings (SSSR count). The molecule has 0 aliphatic heterocycles. The van der Waals surface area contributed by atoms with Gasteiger partial charge in [0.1, 0.15) is 0 Å². The summed E-state index contributed by atoms with van der Waals surface area (Å²) in [6.07, 6.45) is 3.89. The van der Waals surface area contributed by atoms with Crippen LogP contribution in [0, 0.1) is 6.92 Å². The van der Waals surface area contributed by atoms with E-state index in [0.29, 0.717) is 47.6 Å². The van der Waals surface area contributed by atoms with Crippen molar-refractivity contribution >= 4 is 16.9 Å². The number of benzene rings is 1. The Morgan fingerprint density at radius 2 is 2.03 bits per heavy atom. The number of aryl methyl sites for hydroxylation is 1. The van der Waals surface area contributed by atoms with E-state index >= 15 is 0 Å². The second-order valence-electron chi connectivity index (χ2n) is 8.35. The van der Waals surface area contributed by atoms with Crippen molar-refractivity contribution in [2.75, 3.05) is 13.7 Å².